The zero-order valence-electron chi connectivity index (χ0n) is 14.6. The Morgan fingerprint density at radius 2 is 2.00 bits per heavy atom. The first-order valence-electron chi connectivity index (χ1n) is 8.89. The van der Waals surface area contributed by atoms with Crippen molar-refractivity contribution in [1.29, 1.82) is 0 Å². The van der Waals surface area contributed by atoms with E-state index in [1.165, 1.54) is 0 Å². The Bertz CT molecular complexity index is 1120. The molecule has 1 fully saturated rings. The summed E-state index contributed by atoms with van der Waals surface area (Å²) < 4.78 is 11.2. The Balaban J connectivity index is 1.41. The number of carbonyl (C=O) groups excluding carboxylic acids is 1. The van der Waals surface area contributed by atoms with Crippen LogP contribution in [0.5, 0.6) is 0 Å². The Morgan fingerprint density at radius 3 is 2.89 bits per heavy atom. The number of hydrogen-bond acceptors (Lipinski definition) is 5. The summed E-state index contributed by atoms with van der Waals surface area (Å²) in [6.07, 6.45) is 1.80. The van der Waals surface area contributed by atoms with Crippen molar-refractivity contribution in [2.24, 2.45) is 0 Å². The fraction of sp³-hybridized carbons (Fsp3) is 0.200. The first-order valence-corrected chi connectivity index (χ1v) is 8.89. The smallest absolute Gasteiger partial charge is 0.298 e. The van der Waals surface area contributed by atoms with Gasteiger partial charge in [-0.2, -0.15) is 4.98 Å². The Morgan fingerprint density at radius 1 is 1.15 bits per heavy atom. The normalized spacial score (nSPS) is 14.7. The summed E-state index contributed by atoms with van der Waals surface area (Å²) in [5.41, 5.74) is 3.61. The number of H-pyrrole nitrogens is 1. The van der Waals surface area contributed by atoms with Crippen LogP contribution >= 0.6 is 0 Å². The second kappa shape index (κ2) is 6.44. The third-order valence-electron chi connectivity index (χ3n) is 4.76. The zero-order chi connectivity index (χ0) is 18.2. The monoisotopic (exact) mass is 362 g/mol. The fourth-order valence-corrected chi connectivity index (χ4v) is 3.32. The van der Waals surface area contributed by atoms with Gasteiger partial charge in [0.15, 0.2) is 5.58 Å². The maximum Gasteiger partial charge on any atom is 0.298 e. The molecule has 2 aromatic carbocycles. The third kappa shape index (κ3) is 2.92. The zero-order valence-corrected chi connectivity index (χ0v) is 14.6. The number of aromatic nitrogens is 2. The average molecular weight is 362 g/mol. The Labute approximate surface area is 154 Å². The van der Waals surface area contributed by atoms with Crippen molar-refractivity contribution >= 4 is 39.6 Å². The number of rotatable bonds is 3. The molecule has 2 N–H and O–H groups in total. The first-order chi connectivity index (χ1) is 13.3. The number of nitrogens with one attached hydrogen (secondary N) is 2. The van der Waals surface area contributed by atoms with Crippen LogP contribution in [0.2, 0.25) is 0 Å². The largest absolute Gasteiger partial charge is 0.423 e. The highest BCUT2D eigenvalue weighted by atomic mass is 16.5. The van der Waals surface area contributed by atoms with Crippen LogP contribution in [-0.4, -0.2) is 42.2 Å². The van der Waals surface area contributed by atoms with Gasteiger partial charge in [-0.05, 0) is 24.3 Å². The van der Waals surface area contributed by atoms with Gasteiger partial charge >= 0.3 is 0 Å². The van der Waals surface area contributed by atoms with E-state index in [2.05, 4.69) is 20.2 Å². The maximum atomic E-state index is 12.7. The summed E-state index contributed by atoms with van der Waals surface area (Å²) in [4.78, 5) is 22.4. The number of aromatic amines is 1. The minimum Gasteiger partial charge on any atom is -0.423 e. The Kier molecular flexibility index (Phi) is 3.79. The molecule has 2 aromatic heterocycles. The molecule has 136 valence electrons. The molecule has 27 heavy (non-hydrogen) atoms. The summed E-state index contributed by atoms with van der Waals surface area (Å²) in [5.74, 6) is -0.183. The highest BCUT2D eigenvalue weighted by Gasteiger charge is 2.18. The van der Waals surface area contributed by atoms with E-state index in [9.17, 15) is 4.79 Å². The van der Waals surface area contributed by atoms with Crippen LogP contribution in [0, 0.1) is 0 Å². The summed E-state index contributed by atoms with van der Waals surface area (Å²) in [5, 5.41) is 3.94. The van der Waals surface area contributed by atoms with Gasteiger partial charge in [0.1, 0.15) is 5.52 Å². The Hall–Kier alpha value is -3.32. The molecular weight excluding hydrogens is 344 g/mol. The van der Waals surface area contributed by atoms with E-state index in [0.29, 0.717) is 35.9 Å². The lowest BCUT2D eigenvalue weighted by molar-refractivity contribution is 0.102. The second-order valence-electron chi connectivity index (χ2n) is 6.48. The number of fused-ring (bicyclic) bond motifs is 2. The molecule has 0 aliphatic carbocycles. The van der Waals surface area contributed by atoms with Crippen LogP contribution in [0.1, 0.15) is 10.4 Å². The molecule has 1 amide bonds. The number of morpholine rings is 1. The van der Waals surface area contributed by atoms with Crippen molar-refractivity contribution in [2.75, 3.05) is 36.5 Å². The van der Waals surface area contributed by atoms with Crippen LogP contribution in [0.25, 0.3) is 22.0 Å². The minimum absolute atomic E-state index is 0.183. The number of nitrogens with zero attached hydrogens (tertiary/aromatic N) is 2. The number of benzene rings is 2. The van der Waals surface area contributed by atoms with E-state index in [4.69, 9.17) is 9.15 Å². The molecule has 0 spiro atoms. The molecule has 1 aliphatic rings. The van der Waals surface area contributed by atoms with Gasteiger partial charge in [-0.3, -0.25) is 4.79 Å². The highest BCUT2D eigenvalue weighted by Crippen LogP contribution is 2.26. The molecule has 4 aromatic rings. The maximum absolute atomic E-state index is 12.7. The summed E-state index contributed by atoms with van der Waals surface area (Å²) >= 11 is 0. The van der Waals surface area contributed by atoms with Gasteiger partial charge in [0.05, 0.1) is 18.9 Å². The predicted octanol–water partition coefficient (Wildman–Crippen LogP) is 3.40. The summed E-state index contributed by atoms with van der Waals surface area (Å²) in [6.45, 7) is 2.83. The van der Waals surface area contributed by atoms with E-state index in [-0.39, 0.29) is 5.91 Å². The van der Waals surface area contributed by atoms with Gasteiger partial charge in [-0.15, -0.1) is 0 Å². The molecule has 5 rings (SSSR count). The molecule has 1 aliphatic heterocycles. The number of amides is 1. The minimum atomic E-state index is -0.183. The van der Waals surface area contributed by atoms with Crippen molar-refractivity contribution in [2.45, 2.75) is 0 Å². The molecular formula is C20H18N4O3. The molecule has 0 radical (unpaired) electrons. The molecule has 7 nitrogen and oxygen atoms in total. The lowest BCUT2D eigenvalue weighted by atomic mass is 10.2. The van der Waals surface area contributed by atoms with Crippen molar-refractivity contribution in [3.63, 3.8) is 0 Å². The standard InChI is InChI=1S/C20H18N4O3/c25-19(22-17-12-21-15-4-2-1-3-14(15)17)13-5-6-18-16(11-13)23-20(27-18)24-7-9-26-10-8-24/h1-6,11-12,21H,7-10H2,(H,22,25). The quantitative estimate of drug-likeness (QED) is 0.584. The predicted molar refractivity (Wildman–Crippen MR) is 103 cm³/mol. The molecule has 3 heterocycles. The van der Waals surface area contributed by atoms with E-state index in [0.717, 1.165) is 29.7 Å². The van der Waals surface area contributed by atoms with Crippen molar-refractivity contribution in [3.8, 4) is 0 Å². The van der Waals surface area contributed by atoms with E-state index < -0.39 is 0 Å². The number of oxazole rings is 1. The van der Waals surface area contributed by atoms with Crippen LogP contribution < -0.4 is 10.2 Å². The van der Waals surface area contributed by atoms with Crippen molar-refractivity contribution < 1.29 is 13.9 Å². The summed E-state index contributed by atoms with van der Waals surface area (Å²) in [6, 6.07) is 13.7. The number of hydrogen-bond donors (Lipinski definition) is 2. The second-order valence-corrected chi connectivity index (χ2v) is 6.48. The van der Waals surface area contributed by atoms with Crippen molar-refractivity contribution in [1.82, 2.24) is 9.97 Å². The van der Waals surface area contributed by atoms with Gasteiger partial charge in [0.2, 0.25) is 0 Å². The van der Waals surface area contributed by atoms with Gasteiger partial charge < -0.3 is 24.4 Å². The van der Waals surface area contributed by atoms with Gasteiger partial charge in [-0.1, -0.05) is 18.2 Å². The lowest BCUT2D eigenvalue weighted by Crippen LogP contribution is -2.36. The highest BCUT2D eigenvalue weighted by molar-refractivity contribution is 6.09. The molecule has 0 unspecified atom stereocenters. The number of ether oxygens (including phenoxy) is 1. The third-order valence-corrected chi connectivity index (χ3v) is 4.76. The van der Waals surface area contributed by atoms with Crippen LogP contribution in [-0.2, 0) is 4.74 Å². The van der Waals surface area contributed by atoms with Crippen molar-refractivity contribution in [3.05, 3.63) is 54.2 Å². The number of para-hydroxylation sites is 1. The number of anilines is 2. The van der Waals surface area contributed by atoms with Gasteiger partial charge in [-0.25, -0.2) is 0 Å². The fourth-order valence-electron chi connectivity index (χ4n) is 3.32. The lowest BCUT2D eigenvalue weighted by Gasteiger charge is -2.24. The molecule has 7 heteroatoms. The van der Waals surface area contributed by atoms with Gasteiger partial charge in [0, 0.05) is 35.8 Å². The van der Waals surface area contributed by atoms with Crippen LogP contribution in [0.4, 0.5) is 11.7 Å². The average Bonchev–Trinajstić information content (AvgIpc) is 3.32. The van der Waals surface area contributed by atoms with Gasteiger partial charge in [0.25, 0.3) is 11.9 Å². The molecule has 0 atom stereocenters. The molecule has 1 saturated heterocycles. The van der Waals surface area contributed by atoms with Crippen LogP contribution in [0.3, 0.4) is 0 Å². The van der Waals surface area contributed by atoms with E-state index >= 15 is 0 Å². The SMILES string of the molecule is O=C(Nc1c[nH]c2ccccc12)c1ccc2oc(N3CCOCC3)nc2c1. The van der Waals surface area contributed by atoms with E-state index in [1.807, 2.05) is 24.3 Å². The molecule has 0 bridgehead atoms. The van der Waals surface area contributed by atoms with E-state index in [1.54, 1.807) is 24.4 Å². The van der Waals surface area contributed by atoms with Crippen LogP contribution in [0.15, 0.2) is 53.1 Å². The topological polar surface area (TPSA) is 83.4 Å². The summed E-state index contributed by atoms with van der Waals surface area (Å²) in [7, 11) is 0. The number of carbonyl (C=O) groups is 1. The molecule has 0 saturated carbocycles. The first kappa shape index (κ1) is 15.9.